The molecule has 2 rings (SSSR count). The van der Waals surface area contributed by atoms with Crippen LogP contribution >= 0.6 is 0 Å². The van der Waals surface area contributed by atoms with Gasteiger partial charge in [-0.2, -0.15) is 0 Å². The Balaban J connectivity index is 2.17. The van der Waals surface area contributed by atoms with Crippen LogP contribution in [-0.2, 0) is 16.4 Å². The average Bonchev–Trinajstić information content (AvgIpc) is 2.48. The van der Waals surface area contributed by atoms with E-state index < -0.39 is 10.0 Å². The summed E-state index contributed by atoms with van der Waals surface area (Å²) in [5.41, 5.74) is 8.01. The van der Waals surface area contributed by atoms with Crippen molar-refractivity contribution >= 4 is 15.7 Å². The van der Waals surface area contributed by atoms with Crippen LogP contribution in [0.5, 0.6) is 0 Å². The topological polar surface area (TPSA) is 63.4 Å². The Morgan fingerprint density at radius 2 is 1.71 bits per heavy atom. The Kier molecular flexibility index (Phi) is 4.65. The Morgan fingerprint density at radius 3 is 2.38 bits per heavy atom. The second-order valence-corrected chi connectivity index (χ2v) is 7.05. The number of nitrogen functional groups attached to an aromatic ring is 1. The minimum absolute atomic E-state index is 0.276. The molecule has 2 aromatic rings. The highest BCUT2D eigenvalue weighted by atomic mass is 32.2. The van der Waals surface area contributed by atoms with Crippen LogP contribution in [0.25, 0.3) is 0 Å². The van der Waals surface area contributed by atoms with Crippen molar-refractivity contribution in [2.45, 2.75) is 18.2 Å². The smallest absolute Gasteiger partial charge is 0.243 e. The lowest BCUT2D eigenvalue weighted by Gasteiger charge is -2.19. The summed E-state index contributed by atoms with van der Waals surface area (Å²) in [7, 11) is -1.91. The lowest BCUT2D eigenvalue weighted by Crippen LogP contribution is -2.29. The number of rotatable bonds is 5. The van der Waals surface area contributed by atoms with Gasteiger partial charge in [0.2, 0.25) is 10.0 Å². The summed E-state index contributed by atoms with van der Waals surface area (Å²) in [5, 5.41) is 0. The van der Waals surface area contributed by atoms with E-state index in [0.29, 0.717) is 24.2 Å². The number of likely N-dealkylation sites (N-methyl/N-ethyl adjacent to an activating group) is 1. The Labute approximate surface area is 126 Å². The molecule has 21 heavy (non-hydrogen) atoms. The number of sulfonamides is 1. The quantitative estimate of drug-likeness (QED) is 0.863. The highest BCUT2D eigenvalue weighted by molar-refractivity contribution is 7.89. The van der Waals surface area contributed by atoms with E-state index in [2.05, 4.69) is 0 Å². The number of nitrogens with zero attached hydrogens (tertiary/aromatic N) is 1. The van der Waals surface area contributed by atoms with Gasteiger partial charge in [-0.25, -0.2) is 12.7 Å². The second kappa shape index (κ2) is 6.28. The van der Waals surface area contributed by atoms with E-state index in [1.807, 2.05) is 30.3 Å². The van der Waals surface area contributed by atoms with Gasteiger partial charge < -0.3 is 5.73 Å². The molecule has 0 amide bonds. The SMILES string of the molecule is Cc1c(N)cccc1S(=O)(=O)N(C)CCc1ccccc1. The van der Waals surface area contributed by atoms with Crippen LogP contribution in [0, 0.1) is 6.92 Å². The first-order valence-corrected chi connectivity index (χ1v) is 8.22. The molecule has 0 heterocycles. The number of nitrogens with two attached hydrogens (primary N) is 1. The van der Waals surface area contributed by atoms with Crippen LogP contribution in [0.3, 0.4) is 0 Å². The van der Waals surface area contributed by atoms with Gasteiger partial charge in [0.25, 0.3) is 0 Å². The molecule has 5 heteroatoms. The molecule has 0 bridgehead atoms. The molecule has 0 aliphatic carbocycles. The summed E-state index contributed by atoms with van der Waals surface area (Å²) in [4.78, 5) is 0.276. The fourth-order valence-corrected chi connectivity index (χ4v) is 3.55. The van der Waals surface area contributed by atoms with Gasteiger partial charge >= 0.3 is 0 Å². The summed E-state index contributed by atoms with van der Waals surface area (Å²) in [6, 6.07) is 14.8. The zero-order chi connectivity index (χ0) is 15.5. The van der Waals surface area contributed by atoms with Gasteiger partial charge in [-0.15, -0.1) is 0 Å². The highest BCUT2D eigenvalue weighted by Gasteiger charge is 2.23. The lowest BCUT2D eigenvalue weighted by molar-refractivity contribution is 0.472. The van der Waals surface area contributed by atoms with Crippen LogP contribution in [0.1, 0.15) is 11.1 Å². The van der Waals surface area contributed by atoms with E-state index in [1.54, 1.807) is 32.2 Å². The first-order valence-electron chi connectivity index (χ1n) is 6.78. The molecule has 0 saturated carbocycles. The fraction of sp³-hybridized carbons (Fsp3) is 0.250. The van der Waals surface area contributed by atoms with Crippen LogP contribution in [-0.4, -0.2) is 26.3 Å². The standard InChI is InChI=1S/C16H20N2O2S/c1-13-15(17)9-6-10-16(13)21(19,20)18(2)12-11-14-7-4-3-5-8-14/h3-10H,11-12,17H2,1-2H3. The lowest BCUT2D eigenvalue weighted by atomic mass is 10.2. The summed E-state index contributed by atoms with van der Waals surface area (Å²) in [6.07, 6.45) is 0.679. The molecule has 0 atom stereocenters. The molecule has 0 fully saturated rings. The van der Waals surface area contributed by atoms with Gasteiger partial charge in [0.15, 0.2) is 0 Å². The van der Waals surface area contributed by atoms with Gasteiger partial charge in [0.1, 0.15) is 0 Å². The predicted octanol–water partition coefficient (Wildman–Crippen LogP) is 2.44. The summed E-state index contributed by atoms with van der Waals surface area (Å²) in [6.45, 7) is 2.16. The minimum atomic E-state index is -3.51. The Morgan fingerprint density at radius 1 is 1.05 bits per heavy atom. The number of hydrogen-bond acceptors (Lipinski definition) is 3. The largest absolute Gasteiger partial charge is 0.398 e. The van der Waals surface area contributed by atoms with E-state index in [9.17, 15) is 8.42 Å². The summed E-state index contributed by atoms with van der Waals surface area (Å²) >= 11 is 0. The maximum Gasteiger partial charge on any atom is 0.243 e. The monoisotopic (exact) mass is 304 g/mol. The molecule has 0 saturated heterocycles. The maximum absolute atomic E-state index is 12.6. The summed E-state index contributed by atoms with van der Waals surface area (Å²) in [5.74, 6) is 0. The zero-order valence-electron chi connectivity index (χ0n) is 12.3. The van der Waals surface area contributed by atoms with Gasteiger partial charge in [0.05, 0.1) is 4.90 Å². The molecule has 0 aliphatic rings. The van der Waals surface area contributed by atoms with Gasteiger partial charge in [-0.1, -0.05) is 36.4 Å². The Hall–Kier alpha value is -1.85. The van der Waals surface area contributed by atoms with Crippen molar-refractivity contribution in [3.05, 3.63) is 59.7 Å². The van der Waals surface area contributed by atoms with Gasteiger partial charge in [-0.05, 0) is 36.6 Å². The van der Waals surface area contributed by atoms with Crippen molar-refractivity contribution in [1.82, 2.24) is 4.31 Å². The van der Waals surface area contributed by atoms with E-state index in [-0.39, 0.29) is 4.90 Å². The second-order valence-electron chi connectivity index (χ2n) is 5.03. The minimum Gasteiger partial charge on any atom is -0.398 e. The number of benzene rings is 2. The maximum atomic E-state index is 12.6. The van der Waals surface area contributed by atoms with Crippen LogP contribution in [0.2, 0.25) is 0 Å². The molecular formula is C16H20N2O2S. The fourth-order valence-electron chi connectivity index (χ4n) is 2.13. The normalized spacial score (nSPS) is 11.8. The van der Waals surface area contributed by atoms with E-state index >= 15 is 0 Å². The van der Waals surface area contributed by atoms with Crippen LogP contribution < -0.4 is 5.73 Å². The molecular weight excluding hydrogens is 284 g/mol. The van der Waals surface area contributed by atoms with Gasteiger partial charge in [-0.3, -0.25) is 0 Å². The highest BCUT2D eigenvalue weighted by Crippen LogP contribution is 2.23. The van der Waals surface area contributed by atoms with Crippen molar-refractivity contribution < 1.29 is 8.42 Å². The molecule has 112 valence electrons. The van der Waals surface area contributed by atoms with Crippen molar-refractivity contribution in [2.24, 2.45) is 0 Å². The van der Waals surface area contributed by atoms with E-state index in [1.165, 1.54) is 4.31 Å². The Bertz CT molecular complexity index is 712. The molecule has 2 N–H and O–H groups in total. The molecule has 0 unspecified atom stereocenters. The third-order valence-electron chi connectivity index (χ3n) is 3.57. The molecule has 2 aromatic carbocycles. The third-order valence-corrected chi connectivity index (χ3v) is 5.57. The number of hydrogen-bond donors (Lipinski definition) is 1. The van der Waals surface area contributed by atoms with Crippen LogP contribution in [0.15, 0.2) is 53.4 Å². The van der Waals surface area contributed by atoms with Crippen molar-refractivity contribution in [3.63, 3.8) is 0 Å². The summed E-state index contributed by atoms with van der Waals surface area (Å²) < 4.78 is 26.6. The zero-order valence-corrected chi connectivity index (χ0v) is 13.1. The molecule has 4 nitrogen and oxygen atoms in total. The molecule has 0 spiro atoms. The molecule has 0 aromatic heterocycles. The molecule has 0 aliphatic heterocycles. The first-order chi connectivity index (χ1) is 9.93. The van der Waals surface area contributed by atoms with Crippen LogP contribution in [0.4, 0.5) is 5.69 Å². The first kappa shape index (κ1) is 15.5. The number of anilines is 1. The van der Waals surface area contributed by atoms with Crippen molar-refractivity contribution in [2.75, 3.05) is 19.3 Å². The average molecular weight is 304 g/mol. The third kappa shape index (κ3) is 3.43. The van der Waals surface area contributed by atoms with Gasteiger partial charge in [0, 0.05) is 19.3 Å². The molecule has 0 radical (unpaired) electrons. The van der Waals surface area contributed by atoms with E-state index in [0.717, 1.165) is 5.56 Å². The predicted molar refractivity (Wildman–Crippen MR) is 85.6 cm³/mol. The van der Waals surface area contributed by atoms with E-state index in [4.69, 9.17) is 5.73 Å². The van der Waals surface area contributed by atoms with Crippen molar-refractivity contribution in [1.29, 1.82) is 0 Å². The van der Waals surface area contributed by atoms with Crippen molar-refractivity contribution in [3.8, 4) is 0 Å².